The summed E-state index contributed by atoms with van der Waals surface area (Å²) in [6.45, 7) is 0.247. The summed E-state index contributed by atoms with van der Waals surface area (Å²) in [6.07, 6.45) is -4.11. The van der Waals surface area contributed by atoms with Crippen molar-refractivity contribution in [3.63, 3.8) is 0 Å². The van der Waals surface area contributed by atoms with Crippen LogP contribution in [-0.4, -0.2) is 44.7 Å². The Balaban J connectivity index is 2.06. The van der Waals surface area contributed by atoms with Crippen LogP contribution in [0.5, 0.6) is 0 Å². The van der Waals surface area contributed by atoms with E-state index in [1.807, 2.05) is 0 Å². The van der Waals surface area contributed by atoms with Gasteiger partial charge < -0.3 is 19.7 Å². The van der Waals surface area contributed by atoms with Crippen molar-refractivity contribution in [1.82, 2.24) is 9.55 Å². The van der Waals surface area contributed by atoms with E-state index in [4.69, 9.17) is 9.47 Å². The van der Waals surface area contributed by atoms with Crippen LogP contribution in [0.1, 0.15) is 11.9 Å². The molecule has 18 heavy (non-hydrogen) atoms. The molecule has 2 saturated heterocycles. The summed E-state index contributed by atoms with van der Waals surface area (Å²) in [5.41, 5.74) is -1.84. The van der Waals surface area contributed by atoms with E-state index in [1.165, 1.54) is 6.07 Å². The van der Waals surface area contributed by atoms with Crippen LogP contribution in [0, 0.1) is 0 Å². The second-order valence-electron chi connectivity index (χ2n) is 4.80. The second kappa shape index (κ2) is 2.91. The zero-order valence-electron chi connectivity index (χ0n) is 9.07. The molecule has 3 aliphatic heterocycles. The van der Waals surface area contributed by atoms with Crippen molar-refractivity contribution in [3.05, 3.63) is 32.6 Å². The predicted molar refractivity (Wildman–Crippen MR) is 54.9 cm³/mol. The lowest BCUT2D eigenvalue weighted by molar-refractivity contribution is -0.0965. The molecule has 3 aliphatic rings. The molecule has 0 amide bonds. The Hall–Kier alpha value is -1.48. The number of aliphatic hydroxyl groups is 2. The molecule has 8 heteroatoms. The van der Waals surface area contributed by atoms with Gasteiger partial charge in [-0.25, -0.2) is 4.79 Å². The molecule has 2 bridgehead atoms. The lowest BCUT2D eigenvalue weighted by Crippen LogP contribution is -2.46. The van der Waals surface area contributed by atoms with E-state index in [9.17, 15) is 19.8 Å². The summed E-state index contributed by atoms with van der Waals surface area (Å²) < 4.78 is 11.9. The van der Waals surface area contributed by atoms with Crippen LogP contribution in [0.2, 0.25) is 0 Å². The molecule has 0 aromatic carbocycles. The molecule has 1 spiro atoms. The Morgan fingerprint density at radius 3 is 2.78 bits per heavy atom. The smallest absolute Gasteiger partial charge is 0.330 e. The molecule has 4 rings (SSSR count). The van der Waals surface area contributed by atoms with Crippen LogP contribution >= 0.6 is 0 Å². The number of hydrogen-bond acceptors (Lipinski definition) is 6. The highest BCUT2D eigenvalue weighted by Crippen LogP contribution is 2.53. The molecule has 1 aromatic heterocycles. The van der Waals surface area contributed by atoms with E-state index in [-0.39, 0.29) is 6.61 Å². The normalized spacial score (nSPS) is 44.1. The number of ether oxygens (including phenoxy) is 2. The second-order valence-corrected chi connectivity index (χ2v) is 4.80. The Morgan fingerprint density at radius 2 is 2.11 bits per heavy atom. The minimum absolute atomic E-state index is 0.247. The quantitative estimate of drug-likeness (QED) is 0.437. The third-order valence-electron chi connectivity index (χ3n) is 3.82. The average Bonchev–Trinajstić information content (AvgIpc) is 3.05. The van der Waals surface area contributed by atoms with Gasteiger partial charge in [0.15, 0.2) is 11.8 Å². The van der Waals surface area contributed by atoms with Gasteiger partial charge in [0.1, 0.15) is 18.3 Å². The van der Waals surface area contributed by atoms with Crippen molar-refractivity contribution in [3.8, 4) is 0 Å². The number of nitrogens with zero attached hydrogens (tertiary/aromatic N) is 1. The summed E-state index contributed by atoms with van der Waals surface area (Å²) >= 11 is 0. The third-order valence-corrected chi connectivity index (χ3v) is 3.82. The predicted octanol–water partition coefficient (Wildman–Crippen LogP) is -2.61. The van der Waals surface area contributed by atoms with Gasteiger partial charge in [-0.3, -0.25) is 14.3 Å². The number of epoxide rings is 1. The summed E-state index contributed by atoms with van der Waals surface area (Å²) in [6, 6.07) is 1.25. The first-order valence-corrected chi connectivity index (χ1v) is 5.56. The first-order valence-electron chi connectivity index (χ1n) is 5.56. The van der Waals surface area contributed by atoms with E-state index in [0.29, 0.717) is 5.69 Å². The molecule has 4 heterocycles. The lowest BCUT2D eigenvalue weighted by atomic mass is 9.95. The summed E-state index contributed by atoms with van der Waals surface area (Å²) in [7, 11) is 0. The Labute approximate surface area is 99.4 Å². The number of aliphatic hydroxyl groups excluding tert-OH is 2. The highest BCUT2D eigenvalue weighted by atomic mass is 16.6. The highest BCUT2D eigenvalue weighted by Gasteiger charge is 2.67. The number of nitrogens with one attached hydrogen (secondary N) is 1. The zero-order valence-corrected chi connectivity index (χ0v) is 9.07. The standard InChI is InChI=1S/C10H10N2O6/c13-4-1-3-10(2-17-10)7-5(14)6(15)8(18-7)12(3)9(16)11-4/h1,5-8,14-15H,2H2,(H,11,13,16)/t5-,6+,7-,8+,10+/m0/s1. The van der Waals surface area contributed by atoms with E-state index in [1.54, 1.807) is 0 Å². The number of aromatic nitrogens is 2. The Morgan fingerprint density at radius 1 is 1.39 bits per heavy atom. The molecular weight excluding hydrogens is 244 g/mol. The number of fused-ring (bicyclic) bond motifs is 6. The van der Waals surface area contributed by atoms with Crippen molar-refractivity contribution < 1.29 is 19.7 Å². The van der Waals surface area contributed by atoms with Crippen molar-refractivity contribution in [2.75, 3.05) is 6.61 Å². The summed E-state index contributed by atoms with van der Waals surface area (Å²) in [5, 5.41) is 19.8. The van der Waals surface area contributed by atoms with Crippen molar-refractivity contribution in [2.45, 2.75) is 30.1 Å². The summed E-state index contributed by atoms with van der Waals surface area (Å²) in [4.78, 5) is 25.3. The number of aromatic amines is 1. The van der Waals surface area contributed by atoms with E-state index < -0.39 is 41.4 Å². The first-order chi connectivity index (χ1) is 8.54. The lowest BCUT2D eigenvalue weighted by Gasteiger charge is -2.30. The first kappa shape index (κ1) is 10.4. The van der Waals surface area contributed by atoms with Crippen molar-refractivity contribution >= 4 is 0 Å². The van der Waals surface area contributed by atoms with Gasteiger partial charge >= 0.3 is 5.69 Å². The minimum atomic E-state index is -1.22. The Bertz CT molecular complexity index is 645. The number of rotatable bonds is 0. The third kappa shape index (κ3) is 1.000. The van der Waals surface area contributed by atoms with Gasteiger partial charge in [0.25, 0.3) is 5.56 Å². The molecular formula is C10H10N2O6. The topological polar surface area (TPSA) is 117 Å². The van der Waals surface area contributed by atoms with Crippen molar-refractivity contribution in [1.29, 1.82) is 0 Å². The molecule has 0 saturated carbocycles. The van der Waals surface area contributed by atoms with Crippen LogP contribution in [0.3, 0.4) is 0 Å². The van der Waals surface area contributed by atoms with Gasteiger partial charge in [-0.05, 0) is 0 Å². The highest BCUT2D eigenvalue weighted by molar-refractivity contribution is 5.27. The fourth-order valence-corrected chi connectivity index (χ4v) is 2.88. The molecule has 0 radical (unpaired) electrons. The van der Waals surface area contributed by atoms with Crippen LogP contribution < -0.4 is 11.2 Å². The van der Waals surface area contributed by atoms with Gasteiger partial charge in [-0.15, -0.1) is 0 Å². The fourth-order valence-electron chi connectivity index (χ4n) is 2.88. The van der Waals surface area contributed by atoms with Gasteiger partial charge in [-0.2, -0.15) is 0 Å². The fraction of sp³-hybridized carbons (Fsp3) is 0.600. The molecule has 1 aromatic rings. The largest absolute Gasteiger partial charge is 0.387 e. The van der Waals surface area contributed by atoms with Crippen LogP contribution in [0.15, 0.2) is 15.7 Å². The van der Waals surface area contributed by atoms with Crippen LogP contribution in [0.4, 0.5) is 0 Å². The van der Waals surface area contributed by atoms with Gasteiger partial charge in [-0.1, -0.05) is 0 Å². The SMILES string of the molecule is O=c1cc2n(c(=O)[nH]1)[C@@H]1O[C@@H]([C@@H](O)[C@H]1O)[C@@]21CO1. The van der Waals surface area contributed by atoms with Gasteiger partial charge in [0.05, 0.1) is 12.3 Å². The number of hydrogen-bond donors (Lipinski definition) is 3. The molecule has 2 fully saturated rings. The minimum Gasteiger partial charge on any atom is -0.387 e. The zero-order chi connectivity index (χ0) is 12.7. The van der Waals surface area contributed by atoms with Gasteiger partial charge in [0.2, 0.25) is 0 Å². The maximum atomic E-state index is 11.8. The molecule has 8 nitrogen and oxygen atoms in total. The van der Waals surface area contributed by atoms with Crippen LogP contribution in [-0.2, 0) is 15.1 Å². The van der Waals surface area contributed by atoms with Crippen LogP contribution in [0.25, 0.3) is 0 Å². The van der Waals surface area contributed by atoms with Crippen molar-refractivity contribution in [2.24, 2.45) is 0 Å². The summed E-state index contributed by atoms with van der Waals surface area (Å²) in [5.74, 6) is 0. The maximum Gasteiger partial charge on any atom is 0.330 e. The maximum absolute atomic E-state index is 11.8. The Kier molecular flexibility index (Phi) is 1.69. The molecule has 3 N–H and O–H groups in total. The molecule has 96 valence electrons. The molecule has 0 aliphatic carbocycles. The molecule has 0 unspecified atom stereocenters. The van der Waals surface area contributed by atoms with E-state index in [0.717, 1.165) is 4.57 Å². The number of H-pyrrole nitrogens is 1. The molecule has 5 atom stereocenters. The van der Waals surface area contributed by atoms with Gasteiger partial charge in [0, 0.05) is 6.07 Å². The van der Waals surface area contributed by atoms with E-state index >= 15 is 0 Å². The monoisotopic (exact) mass is 254 g/mol. The average molecular weight is 254 g/mol. The van der Waals surface area contributed by atoms with E-state index in [2.05, 4.69) is 4.98 Å².